The SMILES string of the molecule is Cc1ccc(C(=O)O)cc1NC(=O)c1ccc(Br)c(Cl)c1. The molecule has 0 aliphatic heterocycles. The minimum atomic E-state index is -1.04. The first kappa shape index (κ1) is 15.5. The van der Waals surface area contributed by atoms with Gasteiger partial charge in [-0.2, -0.15) is 0 Å². The van der Waals surface area contributed by atoms with Crippen molar-refractivity contribution in [3.05, 3.63) is 62.6 Å². The normalized spacial score (nSPS) is 10.2. The predicted octanol–water partition coefficient (Wildman–Crippen LogP) is 4.36. The van der Waals surface area contributed by atoms with E-state index in [4.69, 9.17) is 16.7 Å². The Morgan fingerprint density at radius 1 is 1.14 bits per heavy atom. The van der Waals surface area contributed by atoms with E-state index < -0.39 is 5.97 Å². The lowest BCUT2D eigenvalue weighted by atomic mass is 10.1. The van der Waals surface area contributed by atoms with Crippen molar-refractivity contribution in [2.75, 3.05) is 5.32 Å². The lowest BCUT2D eigenvalue weighted by Gasteiger charge is -2.10. The molecule has 0 bridgehead atoms. The second-order valence-electron chi connectivity index (χ2n) is 4.42. The second kappa shape index (κ2) is 6.28. The third-order valence-electron chi connectivity index (χ3n) is 2.91. The molecular weight excluding hydrogens is 358 g/mol. The Bertz CT molecular complexity index is 731. The largest absolute Gasteiger partial charge is 0.478 e. The molecule has 2 aromatic rings. The van der Waals surface area contributed by atoms with Crippen molar-refractivity contribution in [1.29, 1.82) is 0 Å². The molecule has 108 valence electrons. The van der Waals surface area contributed by atoms with Gasteiger partial charge in [-0.3, -0.25) is 4.79 Å². The van der Waals surface area contributed by atoms with E-state index in [1.165, 1.54) is 18.2 Å². The van der Waals surface area contributed by atoms with Gasteiger partial charge in [-0.1, -0.05) is 17.7 Å². The van der Waals surface area contributed by atoms with Gasteiger partial charge in [0.25, 0.3) is 5.91 Å². The molecule has 0 fully saturated rings. The first-order valence-corrected chi connectivity index (χ1v) is 7.16. The van der Waals surface area contributed by atoms with Crippen LogP contribution in [0.25, 0.3) is 0 Å². The third-order valence-corrected chi connectivity index (χ3v) is 4.15. The zero-order valence-corrected chi connectivity index (χ0v) is 13.3. The van der Waals surface area contributed by atoms with Crippen molar-refractivity contribution >= 4 is 45.1 Å². The maximum atomic E-state index is 12.2. The summed E-state index contributed by atoms with van der Waals surface area (Å²) in [6.45, 7) is 1.79. The number of rotatable bonds is 3. The molecule has 0 aromatic heterocycles. The van der Waals surface area contributed by atoms with E-state index in [0.29, 0.717) is 20.7 Å². The quantitative estimate of drug-likeness (QED) is 0.846. The van der Waals surface area contributed by atoms with Crippen molar-refractivity contribution in [3.63, 3.8) is 0 Å². The minimum absolute atomic E-state index is 0.115. The van der Waals surface area contributed by atoms with E-state index in [9.17, 15) is 9.59 Å². The number of amides is 1. The fourth-order valence-corrected chi connectivity index (χ4v) is 2.15. The number of aromatic carboxylic acids is 1. The lowest BCUT2D eigenvalue weighted by molar-refractivity contribution is 0.0696. The number of carbonyl (C=O) groups is 2. The number of carboxylic acid groups (broad SMARTS) is 1. The zero-order valence-electron chi connectivity index (χ0n) is 11.0. The van der Waals surface area contributed by atoms with E-state index in [0.717, 1.165) is 5.56 Å². The first-order chi connectivity index (χ1) is 9.88. The average Bonchev–Trinajstić information content (AvgIpc) is 2.43. The lowest BCUT2D eigenvalue weighted by Crippen LogP contribution is -2.13. The van der Waals surface area contributed by atoms with Crippen LogP contribution in [0.2, 0.25) is 5.02 Å². The number of anilines is 1. The molecular formula is C15H11BrClNO3. The van der Waals surface area contributed by atoms with Gasteiger partial charge >= 0.3 is 5.97 Å². The number of benzene rings is 2. The highest BCUT2D eigenvalue weighted by molar-refractivity contribution is 9.10. The summed E-state index contributed by atoms with van der Waals surface area (Å²) in [5.74, 6) is -1.40. The summed E-state index contributed by atoms with van der Waals surface area (Å²) in [6, 6.07) is 9.41. The second-order valence-corrected chi connectivity index (χ2v) is 5.68. The van der Waals surface area contributed by atoms with Crippen LogP contribution >= 0.6 is 27.5 Å². The molecule has 0 heterocycles. The Balaban J connectivity index is 2.28. The highest BCUT2D eigenvalue weighted by Crippen LogP contribution is 2.24. The van der Waals surface area contributed by atoms with Crippen molar-refractivity contribution in [2.24, 2.45) is 0 Å². The molecule has 0 aliphatic carbocycles. The van der Waals surface area contributed by atoms with Crippen LogP contribution in [0, 0.1) is 6.92 Å². The van der Waals surface area contributed by atoms with Crippen molar-refractivity contribution in [2.45, 2.75) is 6.92 Å². The van der Waals surface area contributed by atoms with Gasteiger partial charge in [0.15, 0.2) is 0 Å². The summed E-state index contributed by atoms with van der Waals surface area (Å²) in [7, 11) is 0. The predicted molar refractivity (Wildman–Crippen MR) is 85.2 cm³/mol. The molecule has 0 aliphatic rings. The molecule has 0 saturated carbocycles. The number of aryl methyl sites for hydroxylation is 1. The molecule has 6 heteroatoms. The number of carbonyl (C=O) groups excluding carboxylic acids is 1. The summed E-state index contributed by atoms with van der Waals surface area (Å²) in [6.07, 6.45) is 0. The molecule has 0 spiro atoms. The monoisotopic (exact) mass is 367 g/mol. The fraction of sp³-hybridized carbons (Fsp3) is 0.0667. The smallest absolute Gasteiger partial charge is 0.335 e. The number of nitrogens with one attached hydrogen (secondary N) is 1. The Morgan fingerprint density at radius 2 is 1.81 bits per heavy atom. The van der Waals surface area contributed by atoms with Crippen LogP contribution in [0.5, 0.6) is 0 Å². The van der Waals surface area contributed by atoms with Gasteiger partial charge in [0.05, 0.1) is 10.6 Å². The van der Waals surface area contributed by atoms with Gasteiger partial charge in [0.1, 0.15) is 0 Å². The molecule has 21 heavy (non-hydrogen) atoms. The van der Waals surface area contributed by atoms with Crippen LogP contribution in [0.15, 0.2) is 40.9 Å². The van der Waals surface area contributed by atoms with Gasteiger partial charge in [0.2, 0.25) is 0 Å². The molecule has 0 radical (unpaired) electrons. The van der Waals surface area contributed by atoms with Gasteiger partial charge in [-0.05, 0) is 58.7 Å². The van der Waals surface area contributed by atoms with Gasteiger partial charge in [-0.25, -0.2) is 4.79 Å². The van der Waals surface area contributed by atoms with Crippen molar-refractivity contribution in [3.8, 4) is 0 Å². The van der Waals surface area contributed by atoms with Crippen LogP contribution in [0.3, 0.4) is 0 Å². The Kier molecular flexibility index (Phi) is 4.65. The number of hydrogen-bond acceptors (Lipinski definition) is 2. The Morgan fingerprint density at radius 3 is 2.43 bits per heavy atom. The third kappa shape index (κ3) is 3.62. The molecule has 2 N–H and O–H groups in total. The van der Waals surface area contributed by atoms with Crippen LogP contribution in [-0.2, 0) is 0 Å². The molecule has 0 saturated heterocycles. The van der Waals surface area contributed by atoms with E-state index in [2.05, 4.69) is 21.2 Å². The highest BCUT2D eigenvalue weighted by Gasteiger charge is 2.11. The number of halogens is 2. The maximum absolute atomic E-state index is 12.2. The summed E-state index contributed by atoms with van der Waals surface area (Å²) in [5, 5.41) is 12.1. The standard InChI is InChI=1S/C15H11BrClNO3/c1-8-2-3-10(15(20)21)7-13(8)18-14(19)9-4-5-11(16)12(17)6-9/h2-7H,1H3,(H,18,19)(H,20,21). The highest BCUT2D eigenvalue weighted by atomic mass is 79.9. The van der Waals surface area contributed by atoms with E-state index in [-0.39, 0.29) is 11.5 Å². The molecule has 0 atom stereocenters. The van der Waals surface area contributed by atoms with Gasteiger partial charge in [0, 0.05) is 15.7 Å². The van der Waals surface area contributed by atoms with Crippen molar-refractivity contribution < 1.29 is 14.7 Å². The van der Waals surface area contributed by atoms with Gasteiger partial charge in [-0.15, -0.1) is 0 Å². The van der Waals surface area contributed by atoms with Crippen LogP contribution in [-0.4, -0.2) is 17.0 Å². The summed E-state index contributed by atoms with van der Waals surface area (Å²) >= 11 is 9.21. The van der Waals surface area contributed by atoms with E-state index in [1.54, 1.807) is 25.1 Å². The van der Waals surface area contributed by atoms with Crippen LogP contribution in [0.1, 0.15) is 26.3 Å². The first-order valence-electron chi connectivity index (χ1n) is 5.99. The van der Waals surface area contributed by atoms with Crippen molar-refractivity contribution in [1.82, 2.24) is 0 Å². The van der Waals surface area contributed by atoms with E-state index >= 15 is 0 Å². The fourth-order valence-electron chi connectivity index (χ4n) is 1.72. The topological polar surface area (TPSA) is 66.4 Å². The van der Waals surface area contributed by atoms with Crippen LogP contribution < -0.4 is 5.32 Å². The molecule has 2 aromatic carbocycles. The average molecular weight is 369 g/mol. The summed E-state index contributed by atoms with van der Waals surface area (Å²) in [5.41, 5.74) is 1.74. The zero-order chi connectivity index (χ0) is 15.6. The van der Waals surface area contributed by atoms with Gasteiger partial charge < -0.3 is 10.4 Å². The molecule has 0 unspecified atom stereocenters. The summed E-state index contributed by atoms with van der Waals surface area (Å²) < 4.78 is 0.699. The Hall–Kier alpha value is -1.85. The Labute approximate surface area is 134 Å². The molecule has 2 rings (SSSR count). The number of carboxylic acids is 1. The molecule has 1 amide bonds. The minimum Gasteiger partial charge on any atom is -0.478 e. The maximum Gasteiger partial charge on any atom is 0.335 e. The van der Waals surface area contributed by atoms with Crippen LogP contribution in [0.4, 0.5) is 5.69 Å². The summed E-state index contributed by atoms with van der Waals surface area (Å²) in [4.78, 5) is 23.1. The molecule has 4 nitrogen and oxygen atoms in total. The number of hydrogen-bond donors (Lipinski definition) is 2. The van der Waals surface area contributed by atoms with E-state index in [1.807, 2.05) is 0 Å².